The number of amides is 1. The number of aryl methyl sites for hydroxylation is 4. The molecule has 4 rings (SSSR count). The first-order valence-electron chi connectivity index (χ1n) is 8.27. The number of fused-ring (bicyclic) bond motifs is 2. The minimum Gasteiger partial charge on any atom is -0.325 e. The summed E-state index contributed by atoms with van der Waals surface area (Å²) in [5.74, 6) is 0.907. The fourth-order valence-corrected chi connectivity index (χ4v) is 3.56. The molecule has 0 unspecified atom stereocenters. The van der Waals surface area contributed by atoms with E-state index in [0.717, 1.165) is 57.1 Å². The predicted octanol–water partition coefficient (Wildman–Crippen LogP) is 3.38. The molecule has 3 aromatic rings. The van der Waals surface area contributed by atoms with Gasteiger partial charge in [0.1, 0.15) is 0 Å². The Bertz CT molecular complexity index is 1000. The highest BCUT2D eigenvalue weighted by Crippen LogP contribution is 2.34. The smallest absolute Gasteiger partial charge is 0.228 e. The van der Waals surface area contributed by atoms with Gasteiger partial charge in [0, 0.05) is 17.7 Å². The van der Waals surface area contributed by atoms with E-state index < -0.39 is 0 Å². The third-order valence-electron chi connectivity index (χ3n) is 4.64. The van der Waals surface area contributed by atoms with Gasteiger partial charge in [-0.25, -0.2) is 9.50 Å². The van der Waals surface area contributed by atoms with E-state index in [2.05, 4.69) is 49.3 Å². The van der Waals surface area contributed by atoms with Crippen LogP contribution in [0.3, 0.4) is 0 Å². The summed E-state index contributed by atoms with van der Waals surface area (Å²) in [7, 11) is 0. The topological polar surface area (TPSA) is 59.3 Å². The van der Waals surface area contributed by atoms with E-state index in [0.29, 0.717) is 6.42 Å². The molecule has 5 nitrogen and oxygen atoms in total. The number of rotatable bonds is 2. The van der Waals surface area contributed by atoms with Gasteiger partial charge in [0.25, 0.3) is 0 Å². The van der Waals surface area contributed by atoms with Crippen LogP contribution < -0.4 is 5.32 Å². The molecule has 1 aliphatic rings. The van der Waals surface area contributed by atoms with Crippen molar-refractivity contribution in [2.45, 2.75) is 40.5 Å². The van der Waals surface area contributed by atoms with Crippen LogP contribution >= 0.6 is 0 Å². The number of pyridine rings is 1. The maximum Gasteiger partial charge on any atom is 0.228 e. The highest BCUT2D eigenvalue weighted by Gasteiger charge is 2.22. The number of carbonyl (C=O) groups excluding carboxylic acids is 1. The largest absolute Gasteiger partial charge is 0.325 e. The number of carbonyl (C=O) groups is 1. The standard InChI is InChI=1S/C19H20N4O/c1-5-15-20-19-12(4)6-11(3)18(23(19)22-15)14-7-10(2)17-13(8-14)9-16(24)21-17/h6-8H,5,9H2,1-4H3,(H,21,24). The summed E-state index contributed by atoms with van der Waals surface area (Å²) < 4.78 is 1.95. The number of benzene rings is 1. The number of anilines is 1. The molecule has 3 heterocycles. The van der Waals surface area contributed by atoms with E-state index in [1.165, 1.54) is 0 Å². The normalized spacial score (nSPS) is 13.4. The highest BCUT2D eigenvalue weighted by molar-refractivity contribution is 6.00. The third kappa shape index (κ3) is 2.12. The van der Waals surface area contributed by atoms with Crippen LogP contribution in [0, 0.1) is 20.8 Å². The quantitative estimate of drug-likeness (QED) is 0.787. The van der Waals surface area contributed by atoms with Crippen molar-refractivity contribution in [3.05, 3.63) is 46.3 Å². The summed E-state index contributed by atoms with van der Waals surface area (Å²) in [6, 6.07) is 6.38. The van der Waals surface area contributed by atoms with Crippen molar-refractivity contribution >= 4 is 17.2 Å². The molecule has 0 saturated heterocycles. The molecule has 5 heteroatoms. The first-order valence-corrected chi connectivity index (χ1v) is 8.27. The second kappa shape index (κ2) is 5.16. The lowest BCUT2D eigenvalue weighted by Gasteiger charge is -2.13. The number of hydrogen-bond acceptors (Lipinski definition) is 3. The molecule has 0 spiro atoms. The van der Waals surface area contributed by atoms with Crippen LogP contribution in [-0.4, -0.2) is 20.5 Å². The van der Waals surface area contributed by atoms with Gasteiger partial charge in [0.15, 0.2) is 11.5 Å². The molecule has 0 aliphatic carbocycles. The van der Waals surface area contributed by atoms with Crippen molar-refractivity contribution in [2.75, 3.05) is 5.32 Å². The Morgan fingerprint density at radius 3 is 2.67 bits per heavy atom. The first-order chi connectivity index (χ1) is 11.5. The van der Waals surface area contributed by atoms with Crippen LogP contribution in [0.25, 0.3) is 16.9 Å². The van der Waals surface area contributed by atoms with Crippen molar-refractivity contribution in [1.82, 2.24) is 14.6 Å². The van der Waals surface area contributed by atoms with E-state index in [1.807, 2.05) is 11.4 Å². The maximum absolute atomic E-state index is 11.7. The molecule has 24 heavy (non-hydrogen) atoms. The lowest BCUT2D eigenvalue weighted by atomic mass is 9.98. The van der Waals surface area contributed by atoms with Crippen LogP contribution in [0.1, 0.15) is 35.0 Å². The average molecular weight is 320 g/mol. The molecule has 122 valence electrons. The molecular formula is C19H20N4O. The van der Waals surface area contributed by atoms with E-state index >= 15 is 0 Å². The maximum atomic E-state index is 11.7. The Morgan fingerprint density at radius 2 is 1.92 bits per heavy atom. The van der Waals surface area contributed by atoms with Crippen LogP contribution in [0.2, 0.25) is 0 Å². The van der Waals surface area contributed by atoms with Crippen molar-refractivity contribution in [3.8, 4) is 11.3 Å². The number of nitrogens with one attached hydrogen (secondary N) is 1. The van der Waals surface area contributed by atoms with E-state index in [1.54, 1.807) is 0 Å². The van der Waals surface area contributed by atoms with Crippen LogP contribution in [-0.2, 0) is 17.6 Å². The molecule has 1 aromatic carbocycles. The van der Waals surface area contributed by atoms with Crippen LogP contribution in [0.5, 0.6) is 0 Å². The van der Waals surface area contributed by atoms with E-state index in [4.69, 9.17) is 5.10 Å². The zero-order chi connectivity index (χ0) is 17.0. The predicted molar refractivity (Wildman–Crippen MR) is 94.3 cm³/mol. The van der Waals surface area contributed by atoms with Crippen molar-refractivity contribution in [3.63, 3.8) is 0 Å². The molecule has 0 atom stereocenters. The molecule has 0 bridgehead atoms. The summed E-state index contributed by atoms with van der Waals surface area (Å²) >= 11 is 0. The molecule has 2 aromatic heterocycles. The Kier molecular flexibility index (Phi) is 3.20. The molecule has 0 fully saturated rings. The van der Waals surface area contributed by atoms with Crippen molar-refractivity contribution in [2.24, 2.45) is 0 Å². The lowest BCUT2D eigenvalue weighted by Crippen LogP contribution is -2.04. The fourth-order valence-electron chi connectivity index (χ4n) is 3.56. The van der Waals surface area contributed by atoms with Gasteiger partial charge in [-0.05, 0) is 55.2 Å². The number of nitrogens with zero attached hydrogens (tertiary/aromatic N) is 3. The Hall–Kier alpha value is -2.69. The third-order valence-corrected chi connectivity index (χ3v) is 4.64. The van der Waals surface area contributed by atoms with Gasteiger partial charge in [0.2, 0.25) is 5.91 Å². The molecule has 1 aliphatic heterocycles. The summed E-state index contributed by atoms with van der Waals surface area (Å²) in [6.07, 6.45) is 1.25. The lowest BCUT2D eigenvalue weighted by molar-refractivity contribution is -0.115. The van der Waals surface area contributed by atoms with Gasteiger partial charge in [-0.1, -0.05) is 13.0 Å². The second-order valence-corrected chi connectivity index (χ2v) is 6.53. The van der Waals surface area contributed by atoms with Gasteiger partial charge in [-0.3, -0.25) is 4.79 Å². The SMILES string of the molecule is CCc1nc2c(C)cc(C)c(-c3cc(C)c4c(c3)CC(=O)N4)n2n1. The zero-order valence-electron chi connectivity index (χ0n) is 14.4. The van der Waals surface area contributed by atoms with Crippen molar-refractivity contribution < 1.29 is 4.79 Å². The van der Waals surface area contributed by atoms with Gasteiger partial charge in [0.05, 0.1) is 12.1 Å². The second-order valence-electron chi connectivity index (χ2n) is 6.53. The Morgan fingerprint density at radius 1 is 1.12 bits per heavy atom. The van der Waals surface area contributed by atoms with Crippen LogP contribution in [0.15, 0.2) is 18.2 Å². The van der Waals surface area contributed by atoms with E-state index in [-0.39, 0.29) is 5.91 Å². The first kappa shape index (κ1) is 14.9. The minimum absolute atomic E-state index is 0.0602. The minimum atomic E-state index is 0.0602. The summed E-state index contributed by atoms with van der Waals surface area (Å²) in [5.41, 5.74) is 8.40. The monoisotopic (exact) mass is 320 g/mol. The molecule has 1 amide bonds. The van der Waals surface area contributed by atoms with Crippen molar-refractivity contribution in [1.29, 1.82) is 0 Å². The summed E-state index contributed by atoms with van der Waals surface area (Å²) in [5, 5.41) is 7.64. The highest BCUT2D eigenvalue weighted by atomic mass is 16.1. The molecular weight excluding hydrogens is 300 g/mol. The fraction of sp³-hybridized carbons (Fsp3) is 0.316. The molecule has 0 saturated carbocycles. The summed E-state index contributed by atoms with van der Waals surface area (Å²) in [6.45, 7) is 8.26. The molecule has 1 N–H and O–H groups in total. The number of hydrogen-bond donors (Lipinski definition) is 1. The van der Waals surface area contributed by atoms with Gasteiger partial charge >= 0.3 is 0 Å². The van der Waals surface area contributed by atoms with E-state index in [9.17, 15) is 4.79 Å². The summed E-state index contributed by atoms with van der Waals surface area (Å²) in [4.78, 5) is 16.4. The zero-order valence-corrected chi connectivity index (χ0v) is 14.4. The number of aromatic nitrogens is 3. The average Bonchev–Trinajstić information content (AvgIpc) is 3.10. The van der Waals surface area contributed by atoms with Crippen LogP contribution in [0.4, 0.5) is 5.69 Å². The van der Waals surface area contributed by atoms with Gasteiger partial charge < -0.3 is 5.32 Å². The Labute approximate surface area is 140 Å². The van der Waals surface area contributed by atoms with Gasteiger partial charge in [-0.15, -0.1) is 0 Å². The molecule has 0 radical (unpaired) electrons. The van der Waals surface area contributed by atoms with Gasteiger partial charge in [-0.2, -0.15) is 5.10 Å². The Balaban J connectivity index is 2.01.